The van der Waals surface area contributed by atoms with Crippen molar-refractivity contribution < 1.29 is 22.0 Å². The van der Waals surface area contributed by atoms with Crippen LogP contribution in [0.15, 0.2) is 6.07 Å². The topological polar surface area (TPSA) is 12.9 Å². The molecule has 0 fully saturated rings. The minimum absolute atomic E-state index is 0.314. The number of nitrogens with zero attached hydrogens (tertiary/aromatic N) is 1. The van der Waals surface area contributed by atoms with Crippen LogP contribution in [-0.4, -0.2) is 4.98 Å². The molecule has 0 aromatic carbocycles. The Kier molecular flexibility index (Phi) is 3.40. The first-order valence-electron chi connectivity index (χ1n) is 3.44. The smallest absolute Gasteiger partial charge is 0.224 e. The summed E-state index contributed by atoms with van der Waals surface area (Å²) >= 11 is 10.4. The van der Waals surface area contributed by atoms with E-state index in [-0.39, 0.29) is 0 Å². The summed E-state index contributed by atoms with van der Waals surface area (Å²) in [5, 5.41) is -1.53. The van der Waals surface area contributed by atoms with Crippen molar-refractivity contribution in [3.8, 4) is 0 Å². The summed E-state index contributed by atoms with van der Waals surface area (Å²) in [6.45, 7) is 0. The van der Waals surface area contributed by atoms with Gasteiger partial charge in [-0.05, 0) is 6.07 Å². The molecule has 1 rings (SSSR count). The summed E-state index contributed by atoms with van der Waals surface area (Å²) < 4.78 is 61.4. The minimum atomic E-state index is -4.94. The van der Waals surface area contributed by atoms with Gasteiger partial charge in [0.05, 0.1) is 11.1 Å². The van der Waals surface area contributed by atoms with Crippen molar-refractivity contribution >= 4 is 23.2 Å². The van der Waals surface area contributed by atoms with Crippen molar-refractivity contribution in [1.82, 2.24) is 4.98 Å². The molecule has 0 spiro atoms. The molecule has 0 bridgehead atoms. The number of hydrogen-bond donors (Lipinski definition) is 0. The van der Waals surface area contributed by atoms with Gasteiger partial charge in [0.15, 0.2) is 0 Å². The van der Waals surface area contributed by atoms with Crippen LogP contribution in [0.3, 0.4) is 0 Å². The van der Waals surface area contributed by atoms with Crippen LogP contribution in [0.1, 0.15) is 17.6 Å². The molecule has 0 atom stereocenters. The van der Waals surface area contributed by atoms with Gasteiger partial charge in [-0.3, -0.25) is 0 Å². The molecule has 0 saturated heterocycles. The molecule has 0 aliphatic rings. The first kappa shape index (κ1) is 12.4. The van der Waals surface area contributed by atoms with Crippen LogP contribution in [0.25, 0.3) is 0 Å². The highest BCUT2D eigenvalue weighted by Crippen LogP contribution is 2.40. The van der Waals surface area contributed by atoms with E-state index < -0.39 is 34.0 Å². The number of halogens is 7. The Labute approximate surface area is 90.8 Å². The molecule has 0 aliphatic heterocycles. The van der Waals surface area contributed by atoms with Crippen molar-refractivity contribution in [2.75, 3.05) is 0 Å². The highest BCUT2D eigenvalue weighted by Gasteiger charge is 2.38. The summed E-state index contributed by atoms with van der Waals surface area (Å²) in [6, 6.07) is 0.314. The monoisotopic (exact) mass is 265 g/mol. The predicted octanol–water partition coefficient (Wildman–Crippen LogP) is 4.34. The van der Waals surface area contributed by atoms with E-state index in [2.05, 4.69) is 4.98 Å². The van der Waals surface area contributed by atoms with E-state index in [4.69, 9.17) is 23.2 Å². The second kappa shape index (κ2) is 4.09. The SMILES string of the molecule is FC(F)c1c(C(F)(F)F)cc(Cl)nc1Cl. The Hall–Kier alpha value is -0.620. The molecular formula is C7H2Cl2F5N. The Morgan fingerprint density at radius 2 is 1.73 bits per heavy atom. The molecule has 1 aromatic rings. The number of rotatable bonds is 1. The summed E-state index contributed by atoms with van der Waals surface area (Å²) in [6.07, 6.45) is -8.30. The van der Waals surface area contributed by atoms with E-state index in [0.29, 0.717) is 6.07 Å². The third-order valence-electron chi connectivity index (χ3n) is 1.50. The standard InChI is InChI=1S/C7H2Cl2F5N/c8-3-1-2(7(12,13)14)4(6(10)11)5(9)15-3/h1,6H. The van der Waals surface area contributed by atoms with E-state index in [9.17, 15) is 22.0 Å². The number of pyridine rings is 1. The van der Waals surface area contributed by atoms with Gasteiger partial charge in [-0.15, -0.1) is 0 Å². The number of alkyl halides is 5. The zero-order valence-electron chi connectivity index (χ0n) is 6.75. The lowest BCUT2D eigenvalue weighted by atomic mass is 10.1. The first-order valence-corrected chi connectivity index (χ1v) is 4.20. The van der Waals surface area contributed by atoms with E-state index in [1.54, 1.807) is 0 Å². The Balaban J connectivity index is 3.47. The fourth-order valence-corrected chi connectivity index (χ4v) is 1.45. The van der Waals surface area contributed by atoms with E-state index in [0.717, 1.165) is 0 Å². The van der Waals surface area contributed by atoms with Gasteiger partial charge in [-0.25, -0.2) is 13.8 Å². The van der Waals surface area contributed by atoms with Crippen molar-refractivity contribution in [2.45, 2.75) is 12.6 Å². The molecule has 8 heteroatoms. The maximum atomic E-state index is 12.3. The van der Waals surface area contributed by atoms with Crippen molar-refractivity contribution in [3.05, 3.63) is 27.5 Å². The van der Waals surface area contributed by atoms with Crippen LogP contribution in [0.4, 0.5) is 22.0 Å². The third-order valence-corrected chi connectivity index (χ3v) is 1.99. The molecular weight excluding hydrogens is 264 g/mol. The van der Waals surface area contributed by atoms with Gasteiger partial charge in [0, 0.05) is 0 Å². The Morgan fingerprint density at radius 3 is 2.13 bits per heavy atom. The van der Waals surface area contributed by atoms with Crippen LogP contribution in [0.5, 0.6) is 0 Å². The molecule has 0 amide bonds. The van der Waals surface area contributed by atoms with Crippen LogP contribution < -0.4 is 0 Å². The zero-order valence-corrected chi connectivity index (χ0v) is 8.26. The van der Waals surface area contributed by atoms with Crippen LogP contribution in [0.2, 0.25) is 10.3 Å². The lowest BCUT2D eigenvalue weighted by molar-refractivity contribution is -0.139. The minimum Gasteiger partial charge on any atom is -0.224 e. The van der Waals surface area contributed by atoms with Crippen LogP contribution >= 0.6 is 23.2 Å². The average molecular weight is 266 g/mol. The summed E-state index contributed by atoms with van der Waals surface area (Å²) in [4.78, 5) is 3.12. The molecule has 0 unspecified atom stereocenters. The highest BCUT2D eigenvalue weighted by molar-refractivity contribution is 6.33. The highest BCUT2D eigenvalue weighted by atomic mass is 35.5. The second-order valence-electron chi connectivity index (χ2n) is 2.50. The predicted molar refractivity (Wildman–Crippen MR) is 44.2 cm³/mol. The van der Waals surface area contributed by atoms with Gasteiger partial charge in [-0.2, -0.15) is 13.2 Å². The van der Waals surface area contributed by atoms with Crippen LogP contribution in [0, 0.1) is 0 Å². The van der Waals surface area contributed by atoms with Crippen LogP contribution in [-0.2, 0) is 6.18 Å². The van der Waals surface area contributed by atoms with Crippen molar-refractivity contribution in [1.29, 1.82) is 0 Å². The molecule has 0 saturated carbocycles. The third kappa shape index (κ3) is 2.69. The molecule has 1 nitrogen and oxygen atoms in total. The summed E-state index contributed by atoms with van der Waals surface area (Å²) in [7, 11) is 0. The largest absolute Gasteiger partial charge is 0.417 e. The molecule has 1 aromatic heterocycles. The lowest BCUT2D eigenvalue weighted by Crippen LogP contribution is -2.11. The van der Waals surface area contributed by atoms with Gasteiger partial charge >= 0.3 is 6.18 Å². The first-order chi connectivity index (χ1) is 6.73. The van der Waals surface area contributed by atoms with Crippen molar-refractivity contribution in [2.24, 2.45) is 0 Å². The number of hydrogen-bond acceptors (Lipinski definition) is 1. The van der Waals surface area contributed by atoms with Gasteiger partial charge in [0.2, 0.25) is 0 Å². The summed E-state index contributed by atoms with van der Waals surface area (Å²) in [5.74, 6) is 0. The maximum absolute atomic E-state index is 12.3. The normalized spacial score (nSPS) is 12.3. The molecule has 0 radical (unpaired) electrons. The zero-order chi connectivity index (χ0) is 11.8. The molecule has 0 N–H and O–H groups in total. The fourth-order valence-electron chi connectivity index (χ4n) is 0.936. The van der Waals surface area contributed by atoms with E-state index in [1.165, 1.54) is 0 Å². The van der Waals surface area contributed by atoms with Gasteiger partial charge in [0.1, 0.15) is 10.3 Å². The molecule has 15 heavy (non-hydrogen) atoms. The van der Waals surface area contributed by atoms with Gasteiger partial charge < -0.3 is 0 Å². The maximum Gasteiger partial charge on any atom is 0.417 e. The van der Waals surface area contributed by atoms with Gasteiger partial charge in [-0.1, -0.05) is 23.2 Å². The Bertz CT molecular complexity index is 376. The molecule has 84 valence electrons. The molecule has 0 aliphatic carbocycles. The lowest BCUT2D eigenvalue weighted by Gasteiger charge is -2.13. The van der Waals surface area contributed by atoms with Crippen molar-refractivity contribution in [3.63, 3.8) is 0 Å². The van der Waals surface area contributed by atoms with E-state index in [1.807, 2.05) is 0 Å². The average Bonchev–Trinajstić information content (AvgIpc) is 1.99. The fraction of sp³-hybridized carbons (Fsp3) is 0.286. The quantitative estimate of drug-likeness (QED) is 0.544. The van der Waals surface area contributed by atoms with E-state index >= 15 is 0 Å². The second-order valence-corrected chi connectivity index (χ2v) is 3.24. The molecule has 1 heterocycles. The van der Waals surface area contributed by atoms with Gasteiger partial charge in [0.25, 0.3) is 6.43 Å². The number of aromatic nitrogens is 1. The summed E-state index contributed by atoms with van der Waals surface area (Å²) in [5.41, 5.74) is -2.92. The Morgan fingerprint density at radius 1 is 1.20 bits per heavy atom.